The minimum atomic E-state index is -0.00441. The third-order valence-corrected chi connectivity index (χ3v) is 6.08. The quantitative estimate of drug-likeness (QED) is 0.819. The van der Waals surface area contributed by atoms with E-state index in [2.05, 4.69) is 22.8 Å². The lowest BCUT2D eigenvalue weighted by molar-refractivity contribution is -0.125. The second kappa shape index (κ2) is 8.76. The first kappa shape index (κ1) is 19.0. The zero-order chi connectivity index (χ0) is 18.4. The third-order valence-electron chi connectivity index (χ3n) is 6.08. The zero-order valence-corrected chi connectivity index (χ0v) is 16.1. The first-order chi connectivity index (χ1) is 12.7. The van der Waals surface area contributed by atoms with Crippen LogP contribution in [0.1, 0.15) is 50.5 Å². The van der Waals surface area contributed by atoms with Gasteiger partial charge in [-0.15, -0.1) is 0 Å². The summed E-state index contributed by atoms with van der Waals surface area (Å²) in [5.41, 5.74) is 1.24. The van der Waals surface area contributed by atoms with E-state index in [4.69, 9.17) is 9.47 Å². The minimum absolute atomic E-state index is 0.00441. The summed E-state index contributed by atoms with van der Waals surface area (Å²) in [6.07, 6.45) is 7.96. The summed E-state index contributed by atoms with van der Waals surface area (Å²) in [7, 11) is 3.33. The molecule has 1 aliphatic heterocycles. The number of carbonyl (C=O) groups excluding carboxylic acids is 1. The maximum Gasteiger partial charge on any atom is 0.224 e. The molecular weight excluding hydrogens is 328 g/mol. The fourth-order valence-electron chi connectivity index (χ4n) is 4.44. The van der Waals surface area contributed by atoms with Crippen molar-refractivity contribution in [1.29, 1.82) is 0 Å². The van der Waals surface area contributed by atoms with Gasteiger partial charge in [-0.05, 0) is 49.9 Å². The van der Waals surface area contributed by atoms with Gasteiger partial charge in [-0.2, -0.15) is 0 Å². The van der Waals surface area contributed by atoms with Crippen molar-refractivity contribution in [2.45, 2.75) is 50.4 Å². The Hall–Kier alpha value is -1.75. The van der Waals surface area contributed by atoms with Gasteiger partial charge in [0.25, 0.3) is 0 Å². The highest BCUT2D eigenvalue weighted by Crippen LogP contribution is 2.42. The lowest BCUT2D eigenvalue weighted by atomic mass is 9.69. The summed E-state index contributed by atoms with van der Waals surface area (Å²) >= 11 is 0. The van der Waals surface area contributed by atoms with E-state index in [1.807, 2.05) is 6.07 Å². The monoisotopic (exact) mass is 360 g/mol. The molecule has 1 aromatic rings. The fourth-order valence-corrected chi connectivity index (χ4v) is 4.44. The molecule has 3 rings (SSSR count). The van der Waals surface area contributed by atoms with Crippen molar-refractivity contribution in [3.8, 4) is 11.5 Å². The van der Waals surface area contributed by atoms with Crippen LogP contribution in [0.3, 0.4) is 0 Å². The summed E-state index contributed by atoms with van der Waals surface area (Å²) in [5.74, 6) is 1.81. The van der Waals surface area contributed by atoms with E-state index in [0.29, 0.717) is 6.54 Å². The number of benzene rings is 1. The van der Waals surface area contributed by atoms with Gasteiger partial charge in [0.1, 0.15) is 0 Å². The van der Waals surface area contributed by atoms with Crippen LogP contribution in [0.2, 0.25) is 0 Å². The largest absolute Gasteiger partial charge is 0.493 e. The Balaban J connectivity index is 1.77. The van der Waals surface area contributed by atoms with Gasteiger partial charge in [0.15, 0.2) is 11.5 Å². The van der Waals surface area contributed by atoms with Gasteiger partial charge in [-0.1, -0.05) is 25.3 Å². The number of carbonyl (C=O) groups is 1. The van der Waals surface area contributed by atoms with Crippen molar-refractivity contribution in [2.75, 3.05) is 33.9 Å². The fraction of sp³-hybridized carbons (Fsp3) is 0.667. The molecule has 0 spiro atoms. The molecule has 26 heavy (non-hydrogen) atoms. The van der Waals surface area contributed by atoms with E-state index < -0.39 is 0 Å². The number of hydrogen-bond acceptors (Lipinski definition) is 4. The van der Waals surface area contributed by atoms with Crippen LogP contribution in [0, 0.1) is 5.92 Å². The summed E-state index contributed by atoms with van der Waals surface area (Å²) < 4.78 is 10.9. The standard InChI is InChI=1S/C21H32N2O3/c1-25-18-9-8-17(13-19(18)26-2)21(10-4-3-5-11-21)15-23-20(24)16-7-6-12-22-14-16/h8-9,13,16,22H,3-7,10-12,14-15H2,1-2H3,(H,23,24). The average Bonchev–Trinajstić information content (AvgIpc) is 2.72. The SMILES string of the molecule is COc1ccc(C2(CNC(=O)C3CCCNC3)CCCCC2)cc1OC. The number of rotatable bonds is 6. The highest BCUT2D eigenvalue weighted by molar-refractivity contribution is 5.79. The van der Waals surface area contributed by atoms with Crippen molar-refractivity contribution in [3.63, 3.8) is 0 Å². The highest BCUT2D eigenvalue weighted by atomic mass is 16.5. The van der Waals surface area contributed by atoms with Gasteiger partial charge in [-0.3, -0.25) is 4.79 Å². The number of nitrogens with one attached hydrogen (secondary N) is 2. The van der Waals surface area contributed by atoms with Crippen LogP contribution in [0.5, 0.6) is 11.5 Å². The second-order valence-corrected chi connectivity index (χ2v) is 7.67. The molecule has 0 radical (unpaired) electrons. The van der Waals surface area contributed by atoms with Crippen LogP contribution in [0.25, 0.3) is 0 Å². The third kappa shape index (κ3) is 4.14. The van der Waals surface area contributed by atoms with Gasteiger partial charge in [-0.25, -0.2) is 0 Å². The molecule has 1 saturated carbocycles. The van der Waals surface area contributed by atoms with Crippen molar-refractivity contribution in [3.05, 3.63) is 23.8 Å². The molecule has 144 valence electrons. The predicted octanol–water partition coefficient (Wildman–Crippen LogP) is 3.02. The Morgan fingerprint density at radius 1 is 1.15 bits per heavy atom. The zero-order valence-electron chi connectivity index (χ0n) is 16.1. The molecule has 0 aromatic heterocycles. The topological polar surface area (TPSA) is 59.6 Å². The van der Waals surface area contributed by atoms with Crippen molar-refractivity contribution < 1.29 is 14.3 Å². The van der Waals surface area contributed by atoms with Crippen molar-refractivity contribution >= 4 is 5.91 Å². The van der Waals surface area contributed by atoms with Gasteiger partial charge >= 0.3 is 0 Å². The summed E-state index contributed by atoms with van der Waals surface area (Å²) in [6.45, 7) is 2.53. The number of ether oxygens (including phenoxy) is 2. The molecule has 2 fully saturated rings. The van der Waals surface area contributed by atoms with Crippen LogP contribution in [0.4, 0.5) is 0 Å². The molecule has 2 N–H and O–H groups in total. The molecule has 2 aliphatic rings. The smallest absolute Gasteiger partial charge is 0.224 e. The Labute approximate surface area is 156 Å². The first-order valence-corrected chi connectivity index (χ1v) is 9.89. The van der Waals surface area contributed by atoms with Crippen molar-refractivity contribution in [2.24, 2.45) is 5.92 Å². The Morgan fingerprint density at radius 3 is 2.58 bits per heavy atom. The molecule has 0 bridgehead atoms. The normalized spacial score (nSPS) is 22.5. The van der Waals surface area contributed by atoms with E-state index >= 15 is 0 Å². The molecule has 1 aliphatic carbocycles. The van der Waals surface area contributed by atoms with E-state index in [-0.39, 0.29) is 17.2 Å². The predicted molar refractivity (Wildman–Crippen MR) is 103 cm³/mol. The van der Waals surface area contributed by atoms with Crippen LogP contribution < -0.4 is 20.1 Å². The molecule has 5 nitrogen and oxygen atoms in total. The van der Waals surface area contributed by atoms with Crippen LogP contribution in [-0.2, 0) is 10.2 Å². The van der Waals surface area contributed by atoms with Gasteiger partial charge < -0.3 is 20.1 Å². The van der Waals surface area contributed by atoms with E-state index in [0.717, 1.165) is 50.3 Å². The number of hydrogen-bond donors (Lipinski definition) is 2. The maximum atomic E-state index is 12.6. The average molecular weight is 360 g/mol. The molecular formula is C21H32N2O3. The Kier molecular flexibility index (Phi) is 6.41. The van der Waals surface area contributed by atoms with Gasteiger partial charge in [0, 0.05) is 18.5 Å². The van der Waals surface area contributed by atoms with Crippen LogP contribution in [-0.4, -0.2) is 39.8 Å². The Bertz CT molecular complexity index is 605. The molecule has 1 aromatic carbocycles. The van der Waals surface area contributed by atoms with Crippen LogP contribution >= 0.6 is 0 Å². The van der Waals surface area contributed by atoms with E-state index in [1.165, 1.54) is 24.8 Å². The molecule has 1 heterocycles. The lowest BCUT2D eigenvalue weighted by Gasteiger charge is -2.39. The summed E-state index contributed by atoms with van der Waals surface area (Å²) in [6, 6.07) is 6.22. The van der Waals surface area contributed by atoms with E-state index in [9.17, 15) is 4.79 Å². The highest BCUT2D eigenvalue weighted by Gasteiger charge is 2.35. The second-order valence-electron chi connectivity index (χ2n) is 7.67. The van der Waals surface area contributed by atoms with E-state index in [1.54, 1.807) is 14.2 Å². The summed E-state index contributed by atoms with van der Waals surface area (Å²) in [4.78, 5) is 12.6. The summed E-state index contributed by atoms with van der Waals surface area (Å²) in [5, 5.41) is 6.61. The maximum absolute atomic E-state index is 12.6. The van der Waals surface area contributed by atoms with Gasteiger partial charge in [0.2, 0.25) is 5.91 Å². The minimum Gasteiger partial charge on any atom is -0.493 e. The molecule has 1 amide bonds. The molecule has 5 heteroatoms. The van der Waals surface area contributed by atoms with Crippen molar-refractivity contribution in [1.82, 2.24) is 10.6 Å². The molecule has 1 atom stereocenters. The lowest BCUT2D eigenvalue weighted by Crippen LogP contribution is -2.46. The molecule has 1 saturated heterocycles. The number of piperidine rings is 1. The molecule has 1 unspecified atom stereocenters. The first-order valence-electron chi connectivity index (χ1n) is 9.89. The Morgan fingerprint density at radius 2 is 1.92 bits per heavy atom. The number of amides is 1. The number of methoxy groups -OCH3 is 2. The van der Waals surface area contributed by atoms with Crippen LogP contribution in [0.15, 0.2) is 18.2 Å². The van der Waals surface area contributed by atoms with Gasteiger partial charge in [0.05, 0.1) is 20.1 Å².